The van der Waals surface area contributed by atoms with Gasteiger partial charge in [0.05, 0.1) is 29.6 Å². The summed E-state index contributed by atoms with van der Waals surface area (Å²) >= 11 is 3.06. The summed E-state index contributed by atoms with van der Waals surface area (Å²) in [5.41, 5.74) is 1.93. The first-order valence-electron chi connectivity index (χ1n) is 8.57. The number of hydrogen-bond donors (Lipinski definition) is 1. The van der Waals surface area contributed by atoms with Gasteiger partial charge < -0.3 is 10.1 Å². The van der Waals surface area contributed by atoms with Crippen LogP contribution in [0.3, 0.4) is 0 Å². The molecule has 3 rings (SSSR count). The van der Waals surface area contributed by atoms with Crippen molar-refractivity contribution in [2.75, 3.05) is 18.6 Å². The summed E-state index contributed by atoms with van der Waals surface area (Å²) in [6, 6.07) is 7.50. The highest BCUT2D eigenvalue weighted by Crippen LogP contribution is 2.28. The number of carbonyl (C=O) groups is 1. The first kappa shape index (κ1) is 20.2. The van der Waals surface area contributed by atoms with Crippen LogP contribution in [0.4, 0.5) is 0 Å². The van der Waals surface area contributed by atoms with Crippen molar-refractivity contribution >= 4 is 38.8 Å². The summed E-state index contributed by atoms with van der Waals surface area (Å²) in [6.45, 7) is 1.83. The largest absolute Gasteiger partial charge is 0.497 e. The van der Waals surface area contributed by atoms with E-state index < -0.39 is 9.84 Å². The molecule has 0 bridgehead atoms. The molecule has 1 aromatic carbocycles. The lowest BCUT2D eigenvalue weighted by molar-refractivity contribution is -0.120. The van der Waals surface area contributed by atoms with E-state index in [4.69, 9.17) is 4.74 Å². The van der Waals surface area contributed by atoms with E-state index in [0.29, 0.717) is 12.2 Å². The molecule has 0 spiro atoms. The topological polar surface area (TPSA) is 85.4 Å². The number of thioether (sulfide) groups is 1. The summed E-state index contributed by atoms with van der Waals surface area (Å²) < 4.78 is 28.2. The fourth-order valence-corrected chi connectivity index (χ4v) is 6.16. The molecule has 2 aromatic rings. The van der Waals surface area contributed by atoms with Crippen LogP contribution in [0.25, 0.3) is 10.6 Å². The Kier molecular flexibility index (Phi) is 6.44. The van der Waals surface area contributed by atoms with E-state index in [1.165, 1.54) is 11.8 Å². The number of carbonyl (C=O) groups excluding carboxylic acids is 1. The van der Waals surface area contributed by atoms with Gasteiger partial charge in [-0.15, -0.1) is 23.1 Å². The minimum absolute atomic E-state index is 0.0477. The van der Waals surface area contributed by atoms with Gasteiger partial charge in [0.15, 0.2) is 9.84 Å². The SMILES string of the molecule is COc1cccc(-c2nc(CS[C@H](C)C(=O)N[C@@H]3CCS(=O)(=O)C3)cs2)c1. The predicted molar refractivity (Wildman–Crippen MR) is 110 cm³/mol. The third kappa shape index (κ3) is 5.46. The Morgan fingerprint density at radius 3 is 3.00 bits per heavy atom. The van der Waals surface area contributed by atoms with E-state index >= 15 is 0 Å². The van der Waals surface area contributed by atoms with E-state index in [2.05, 4.69) is 10.3 Å². The summed E-state index contributed by atoms with van der Waals surface area (Å²) in [4.78, 5) is 16.9. The molecule has 1 fully saturated rings. The van der Waals surface area contributed by atoms with Gasteiger partial charge in [-0.1, -0.05) is 12.1 Å². The summed E-state index contributed by atoms with van der Waals surface area (Å²) in [5.74, 6) is 1.50. The van der Waals surface area contributed by atoms with Crippen molar-refractivity contribution < 1.29 is 17.9 Å². The lowest BCUT2D eigenvalue weighted by Gasteiger charge is -2.15. The molecule has 1 aromatic heterocycles. The zero-order valence-corrected chi connectivity index (χ0v) is 17.6. The average Bonchev–Trinajstić information content (AvgIpc) is 3.26. The maximum atomic E-state index is 12.3. The third-order valence-electron chi connectivity index (χ3n) is 4.30. The van der Waals surface area contributed by atoms with Gasteiger partial charge in [0.2, 0.25) is 5.91 Å². The molecule has 27 heavy (non-hydrogen) atoms. The molecule has 1 amide bonds. The van der Waals surface area contributed by atoms with Crippen LogP contribution < -0.4 is 10.1 Å². The molecule has 146 valence electrons. The minimum atomic E-state index is -2.99. The molecule has 0 unspecified atom stereocenters. The van der Waals surface area contributed by atoms with E-state index in [-0.39, 0.29) is 28.7 Å². The minimum Gasteiger partial charge on any atom is -0.497 e. The van der Waals surface area contributed by atoms with Crippen LogP contribution in [-0.2, 0) is 20.4 Å². The fraction of sp³-hybridized carbons (Fsp3) is 0.444. The number of aromatic nitrogens is 1. The Bertz CT molecular complexity index is 911. The van der Waals surface area contributed by atoms with Crippen LogP contribution >= 0.6 is 23.1 Å². The summed E-state index contributed by atoms with van der Waals surface area (Å²) in [6.07, 6.45) is 0.501. The quantitative estimate of drug-likeness (QED) is 0.733. The highest BCUT2D eigenvalue weighted by atomic mass is 32.2. The van der Waals surface area contributed by atoms with Gasteiger partial charge >= 0.3 is 0 Å². The molecule has 0 aliphatic carbocycles. The van der Waals surface area contributed by atoms with Gasteiger partial charge in [-0.2, -0.15) is 0 Å². The number of rotatable bonds is 7. The first-order chi connectivity index (χ1) is 12.9. The number of amides is 1. The van der Waals surface area contributed by atoms with E-state index in [1.54, 1.807) is 18.4 Å². The maximum Gasteiger partial charge on any atom is 0.233 e. The molecule has 1 N–H and O–H groups in total. The van der Waals surface area contributed by atoms with E-state index in [1.807, 2.05) is 36.6 Å². The van der Waals surface area contributed by atoms with Crippen LogP contribution in [-0.4, -0.2) is 49.2 Å². The van der Waals surface area contributed by atoms with Crippen molar-refractivity contribution in [2.45, 2.75) is 30.4 Å². The average molecular weight is 427 g/mol. The third-order valence-corrected chi connectivity index (χ3v) is 8.18. The standard InChI is InChI=1S/C18H22N2O4S3/c1-12(17(21)19-14-6-7-27(22,23)11-14)25-9-15-10-26-18(20-15)13-4-3-5-16(8-13)24-2/h3-5,8,10,12,14H,6-7,9,11H2,1-2H3,(H,19,21)/t12-,14-/m1/s1. The number of sulfone groups is 1. The smallest absolute Gasteiger partial charge is 0.233 e. The molecule has 2 atom stereocenters. The Hall–Kier alpha value is -1.58. The van der Waals surface area contributed by atoms with Crippen molar-refractivity contribution in [3.8, 4) is 16.3 Å². The van der Waals surface area contributed by atoms with Gasteiger partial charge in [-0.3, -0.25) is 4.79 Å². The highest BCUT2D eigenvalue weighted by molar-refractivity contribution is 7.99. The van der Waals surface area contributed by atoms with Crippen molar-refractivity contribution in [1.82, 2.24) is 10.3 Å². The number of benzene rings is 1. The Balaban J connectivity index is 1.52. The monoisotopic (exact) mass is 426 g/mol. The van der Waals surface area contributed by atoms with Gasteiger partial charge in [-0.25, -0.2) is 13.4 Å². The van der Waals surface area contributed by atoms with E-state index in [9.17, 15) is 13.2 Å². The molecular weight excluding hydrogens is 404 g/mol. The molecule has 1 aliphatic rings. The molecule has 1 saturated heterocycles. The molecule has 1 aliphatic heterocycles. The van der Waals surface area contributed by atoms with Gasteiger partial charge in [-0.05, 0) is 25.5 Å². The molecule has 2 heterocycles. The maximum absolute atomic E-state index is 12.3. The van der Waals surface area contributed by atoms with Crippen molar-refractivity contribution in [3.05, 3.63) is 35.3 Å². The second-order valence-corrected chi connectivity index (χ2v) is 10.9. The summed E-state index contributed by atoms with van der Waals surface area (Å²) in [7, 11) is -1.35. The Morgan fingerprint density at radius 1 is 1.48 bits per heavy atom. The van der Waals surface area contributed by atoms with Gasteiger partial charge in [0, 0.05) is 22.7 Å². The molecule has 0 saturated carbocycles. The number of ether oxygens (including phenoxy) is 1. The van der Waals surface area contributed by atoms with Gasteiger partial charge in [0.1, 0.15) is 10.8 Å². The van der Waals surface area contributed by atoms with Crippen LogP contribution in [0.1, 0.15) is 19.0 Å². The molecule has 9 heteroatoms. The fourth-order valence-electron chi connectivity index (χ4n) is 2.78. The second kappa shape index (κ2) is 8.62. The number of hydrogen-bond acceptors (Lipinski definition) is 7. The lowest BCUT2D eigenvalue weighted by Crippen LogP contribution is -2.40. The highest BCUT2D eigenvalue weighted by Gasteiger charge is 2.30. The summed E-state index contributed by atoms with van der Waals surface area (Å²) in [5, 5.41) is 5.49. The molecular formula is C18H22N2O4S3. The Morgan fingerprint density at radius 2 is 2.30 bits per heavy atom. The zero-order chi connectivity index (χ0) is 19.4. The number of nitrogens with one attached hydrogen (secondary N) is 1. The number of nitrogens with zero attached hydrogens (tertiary/aromatic N) is 1. The predicted octanol–water partition coefficient (Wildman–Crippen LogP) is 2.74. The zero-order valence-electron chi connectivity index (χ0n) is 15.2. The van der Waals surface area contributed by atoms with E-state index in [0.717, 1.165) is 22.0 Å². The van der Waals surface area contributed by atoms with Crippen molar-refractivity contribution in [2.24, 2.45) is 0 Å². The lowest BCUT2D eigenvalue weighted by atomic mass is 10.2. The Labute approximate surface area is 167 Å². The number of methoxy groups -OCH3 is 1. The second-order valence-electron chi connectivity index (χ2n) is 6.44. The molecule has 6 nitrogen and oxygen atoms in total. The molecule has 0 radical (unpaired) electrons. The van der Waals surface area contributed by atoms with Crippen LogP contribution in [0.5, 0.6) is 5.75 Å². The van der Waals surface area contributed by atoms with Gasteiger partial charge in [0.25, 0.3) is 0 Å². The van der Waals surface area contributed by atoms with Crippen LogP contribution in [0.2, 0.25) is 0 Å². The van der Waals surface area contributed by atoms with Crippen LogP contribution in [0, 0.1) is 0 Å². The van der Waals surface area contributed by atoms with Crippen LogP contribution in [0.15, 0.2) is 29.6 Å². The van der Waals surface area contributed by atoms with Crippen molar-refractivity contribution in [1.29, 1.82) is 0 Å². The normalized spacial score (nSPS) is 19.6. The van der Waals surface area contributed by atoms with Crippen molar-refractivity contribution in [3.63, 3.8) is 0 Å². The number of thiazole rings is 1. The first-order valence-corrected chi connectivity index (χ1v) is 12.3.